The molecule has 1 saturated heterocycles. The second-order valence-corrected chi connectivity index (χ2v) is 5.54. The molecule has 2 aromatic rings. The van der Waals surface area contributed by atoms with E-state index in [9.17, 15) is 9.59 Å². The highest BCUT2D eigenvalue weighted by Crippen LogP contribution is 2.41. The molecule has 0 radical (unpaired) electrons. The highest BCUT2D eigenvalue weighted by atomic mass is 16.2. The average molecular weight is 285 g/mol. The van der Waals surface area contributed by atoms with Crippen molar-refractivity contribution in [3.05, 3.63) is 29.7 Å². The molecule has 2 fully saturated rings. The van der Waals surface area contributed by atoms with Crippen molar-refractivity contribution >= 4 is 23.3 Å². The van der Waals surface area contributed by atoms with E-state index >= 15 is 0 Å². The minimum Gasteiger partial charge on any atom is -0.325 e. The molecular formula is C14H15N5O2. The fourth-order valence-corrected chi connectivity index (χ4v) is 2.73. The largest absolute Gasteiger partial charge is 0.329 e. The van der Waals surface area contributed by atoms with Crippen LogP contribution in [0.2, 0.25) is 0 Å². The van der Waals surface area contributed by atoms with Crippen LogP contribution in [0.25, 0.3) is 5.65 Å². The maximum Gasteiger partial charge on any atom is 0.329 e. The van der Waals surface area contributed by atoms with Crippen LogP contribution in [0.3, 0.4) is 0 Å². The van der Waals surface area contributed by atoms with Gasteiger partial charge >= 0.3 is 6.03 Å². The molecule has 3 N–H and O–H groups in total. The molecule has 0 atom stereocenters. The van der Waals surface area contributed by atoms with Crippen molar-refractivity contribution in [1.82, 2.24) is 14.7 Å². The highest BCUT2D eigenvalue weighted by Gasteiger charge is 2.32. The van der Waals surface area contributed by atoms with Crippen molar-refractivity contribution in [3.63, 3.8) is 0 Å². The van der Waals surface area contributed by atoms with Gasteiger partial charge < -0.3 is 10.1 Å². The third kappa shape index (κ3) is 1.97. The predicted molar refractivity (Wildman–Crippen MR) is 75.9 cm³/mol. The van der Waals surface area contributed by atoms with E-state index in [1.165, 1.54) is 10.5 Å². The molecule has 4 rings (SSSR count). The molecule has 7 heteroatoms. The number of imide groups is 1. The highest BCUT2D eigenvalue weighted by molar-refractivity contribution is 6.13. The van der Waals surface area contributed by atoms with Crippen molar-refractivity contribution < 1.29 is 9.59 Å². The number of fused-ring (bicyclic) bond motifs is 1. The SMILES string of the molecule is NCc1cn2cc(C3CC3)cc(N3CC(=O)NC3=O)c2n1. The average Bonchev–Trinajstić information content (AvgIpc) is 3.14. The van der Waals surface area contributed by atoms with E-state index in [0.29, 0.717) is 23.8 Å². The zero-order chi connectivity index (χ0) is 14.6. The predicted octanol–water partition coefficient (Wildman–Crippen LogP) is 0.727. The smallest absolute Gasteiger partial charge is 0.325 e. The minimum atomic E-state index is -0.396. The lowest BCUT2D eigenvalue weighted by Gasteiger charge is -2.15. The van der Waals surface area contributed by atoms with Crippen LogP contribution in [0.1, 0.15) is 30.0 Å². The first-order chi connectivity index (χ1) is 10.2. The van der Waals surface area contributed by atoms with Crippen LogP contribution < -0.4 is 16.0 Å². The molecule has 21 heavy (non-hydrogen) atoms. The van der Waals surface area contributed by atoms with Crippen LogP contribution in [0, 0.1) is 0 Å². The van der Waals surface area contributed by atoms with Crippen LogP contribution in [0.5, 0.6) is 0 Å². The van der Waals surface area contributed by atoms with Gasteiger partial charge in [0.05, 0.1) is 11.4 Å². The summed E-state index contributed by atoms with van der Waals surface area (Å²) >= 11 is 0. The number of anilines is 1. The summed E-state index contributed by atoms with van der Waals surface area (Å²) in [6, 6.07) is 1.57. The number of amides is 3. The number of carbonyl (C=O) groups is 2. The van der Waals surface area contributed by atoms with Gasteiger partial charge in [-0.3, -0.25) is 15.0 Å². The first kappa shape index (κ1) is 12.3. The van der Waals surface area contributed by atoms with E-state index in [-0.39, 0.29) is 12.5 Å². The van der Waals surface area contributed by atoms with Crippen molar-refractivity contribution in [2.75, 3.05) is 11.4 Å². The first-order valence-electron chi connectivity index (χ1n) is 6.98. The lowest BCUT2D eigenvalue weighted by atomic mass is 10.1. The van der Waals surface area contributed by atoms with E-state index in [1.54, 1.807) is 0 Å². The Morgan fingerprint density at radius 2 is 2.14 bits per heavy atom. The summed E-state index contributed by atoms with van der Waals surface area (Å²) in [5.41, 5.74) is 8.91. The van der Waals surface area contributed by atoms with Crippen molar-refractivity contribution in [1.29, 1.82) is 0 Å². The Kier molecular flexibility index (Phi) is 2.52. The second-order valence-electron chi connectivity index (χ2n) is 5.54. The Bertz CT molecular complexity index is 762. The van der Waals surface area contributed by atoms with E-state index in [4.69, 9.17) is 5.73 Å². The molecule has 0 spiro atoms. The number of imidazole rings is 1. The molecule has 0 bridgehead atoms. The molecule has 1 saturated carbocycles. The molecule has 0 unspecified atom stereocenters. The molecule has 1 aliphatic heterocycles. The standard InChI is InChI=1S/C14H15N5O2/c15-4-10-6-18-5-9(8-1-2-8)3-11(13(18)16-10)19-7-12(20)17-14(19)21/h3,5-6,8H,1-2,4,7,15H2,(H,17,20,21). The molecule has 2 aromatic heterocycles. The zero-order valence-electron chi connectivity index (χ0n) is 11.4. The Labute approximate surface area is 120 Å². The van der Waals surface area contributed by atoms with Gasteiger partial charge in [0.15, 0.2) is 5.65 Å². The van der Waals surface area contributed by atoms with Gasteiger partial charge in [0.25, 0.3) is 0 Å². The first-order valence-corrected chi connectivity index (χ1v) is 6.98. The number of hydrogen-bond donors (Lipinski definition) is 2. The van der Waals surface area contributed by atoms with E-state index < -0.39 is 6.03 Å². The van der Waals surface area contributed by atoms with Crippen LogP contribution >= 0.6 is 0 Å². The number of nitrogens with one attached hydrogen (secondary N) is 1. The van der Waals surface area contributed by atoms with Gasteiger partial charge in [-0.1, -0.05) is 0 Å². The Morgan fingerprint density at radius 3 is 2.76 bits per heavy atom. The molecule has 3 amide bonds. The van der Waals surface area contributed by atoms with Gasteiger partial charge in [-0.25, -0.2) is 9.78 Å². The summed E-state index contributed by atoms with van der Waals surface area (Å²) in [7, 11) is 0. The van der Waals surface area contributed by atoms with Gasteiger partial charge in [0.2, 0.25) is 5.91 Å². The summed E-state index contributed by atoms with van der Waals surface area (Å²) in [5, 5.41) is 2.30. The summed E-state index contributed by atoms with van der Waals surface area (Å²) in [6.45, 7) is 0.373. The lowest BCUT2D eigenvalue weighted by Crippen LogP contribution is -2.28. The Hall–Kier alpha value is -2.41. The molecule has 3 heterocycles. The maximum atomic E-state index is 11.9. The van der Waals surface area contributed by atoms with Crippen molar-refractivity contribution in [3.8, 4) is 0 Å². The zero-order valence-corrected chi connectivity index (χ0v) is 11.4. The minimum absolute atomic E-state index is 0.0352. The molecule has 0 aromatic carbocycles. The van der Waals surface area contributed by atoms with Crippen LogP contribution in [-0.2, 0) is 11.3 Å². The van der Waals surface area contributed by atoms with E-state index in [1.807, 2.05) is 22.9 Å². The molecule has 108 valence electrons. The summed E-state index contributed by atoms with van der Waals surface area (Å²) in [5.74, 6) is 0.249. The number of aromatic nitrogens is 2. The fourth-order valence-electron chi connectivity index (χ4n) is 2.73. The number of nitrogens with zero attached hydrogens (tertiary/aromatic N) is 3. The summed E-state index contributed by atoms with van der Waals surface area (Å²) in [4.78, 5) is 29.3. The normalized spacial score (nSPS) is 18.6. The molecule has 1 aliphatic carbocycles. The Balaban J connectivity index is 1.90. The third-order valence-corrected chi connectivity index (χ3v) is 3.94. The number of hydrogen-bond acceptors (Lipinski definition) is 4. The quantitative estimate of drug-likeness (QED) is 0.813. The molecular weight excluding hydrogens is 270 g/mol. The van der Waals surface area contributed by atoms with Gasteiger partial charge in [0.1, 0.15) is 6.54 Å². The van der Waals surface area contributed by atoms with Crippen molar-refractivity contribution in [2.45, 2.75) is 25.3 Å². The van der Waals surface area contributed by atoms with Crippen LogP contribution in [0.4, 0.5) is 10.5 Å². The van der Waals surface area contributed by atoms with Crippen LogP contribution in [-0.4, -0.2) is 27.9 Å². The molecule has 2 aliphatic rings. The fraction of sp³-hybridized carbons (Fsp3) is 0.357. The van der Waals surface area contributed by atoms with E-state index in [0.717, 1.165) is 18.5 Å². The third-order valence-electron chi connectivity index (χ3n) is 3.94. The molecule has 7 nitrogen and oxygen atoms in total. The number of nitrogens with two attached hydrogens (primary N) is 1. The van der Waals surface area contributed by atoms with Crippen molar-refractivity contribution in [2.24, 2.45) is 5.73 Å². The van der Waals surface area contributed by atoms with Gasteiger partial charge in [-0.2, -0.15) is 0 Å². The summed E-state index contributed by atoms with van der Waals surface area (Å²) in [6.07, 6.45) is 6.24. The maximum absolute atomic E-state index is 11.9. The van der Waals surface area contributed by atoms with Gasteiger partial charge in [-0.05, 0) is 30.4 Å². The Morgan fingerprint density at radius 1 is 1.33 bits per heavy atom. The topological polar surface area (TPSA) is 92.7 Å². The number of pyridine rings is 1. The van der Waals surface area contributed by atoms with Gasteiger partial charge in [0, 0.05) is 18.9 Å². The number of carbonyl (C=O) groups excluding carboxylic acids is 2. The van der Waals surface area contributed by atoms with Crippen LogP contribution in [0.15, 0.2) is 18.5 Å². The number of rotatable bonds is 3. The van der Waals surface area contributed by atoms with E-state index in [2.05, 4.69) is 10.3 Å². The number of urea groups is 1. The summed E-state index contributed by atoms with van der Waals surface area (Å²) < 4.78 is 1.90. The monoisotopic (exact) mass is 285 g/mol. The second kappa shape index (κ2) is 4.29. The lowest BCUT2D eigenvalue weighted by molar-refractivity contribution is -0.117. The van der Waals surface area contributed by atoms with Gasteiger partial charge in [-0.15, -0.1) is 0 Å².